The van der Waals surface area contributed by atoms with E-state index < -0.39 is 0 Å². The van der Waals surface area contributed by atoms with Gasteiger partial charge in [0.05, 0.1) is 0 Å². The summed E-state index contributed by atoms with van der Waals surface area (Å²) in [4.78, 5) is 12.4. The lowest BCUT2D eigenvalue weighted by Crippen LogP contribution is -2.21. The van der Waals surface area contributed by atoms with Gasteiger partial charge in [0.2, 0.25) is 0 Å². The number of hydrogen-bond acceptors (Lipinski definition) is 2. The number of ketones is 1. The molecule has 1 N–H and O–H groups in total. The maximum atomic E-state index is 12.4. The monoisotopic (exact) mass is 305 g/mol. The molecular weight excluding hydrogens is 282 g/mol. The zero-order valence-corrected chi connectivity index (χ0v) is 13.4. The third-order valence-corrected chi connectivity index (χ3v) is 4.42. The molecule has 0 spiro atoms. The van der Waals surface area contributed by atoms with Gasteiger partial charge in [-0.2, -0.15) is 0 Å². The van der Waals surface area contributed by atoms with Crippen molar-refractivity contribution in [1.82, 2.24) is 5.32 Å². The minimum absolute atomic E-state index is 0.288. The van der Waals surface area contributed by atoms with Crippen molar-refractivity contribution < 1.29 is 4.79 Å². The molecule has 0 aliphatic heterocycles. The highest BCUT2D eigenvalue weighted by molar-refractivity contribution is 6.21. The van der Waals surface area contributed by atoms with Gasteiger partial charge in [-0.15, -0.1) is 0 Å². The first-order valence-corrected chi connectivity index (χ1v) is 8.36. The summed E-state index contributed by atoms with van der Waals surface area (Å²) in [5.41, 5.74) is 3.26. The van der Waals surface area contributed by atoms with Crippen molar-refractivity contribution >= 4 is 11.4 Å². The molecule has 0 saturated carbocycles. The highest BCUT2D eigenvalue weighted by atomic mass is 16.1. The Kier molecular flexibility index (Phi) is 5.38. The molecule has 2 heteroatoms. The van der Waals surface area contributed by atoms with Gasteiger partial charge in [-0.05, 0) is 36.4 Å². The summed E-state index contributed by atoms with van der Waals surface area (Å²) >= 11 is 0. The Morgan fingerprint density at radius 3 is 2.35 bits per heavy atom. The molecule has 118 valence electrons. The number of benzene rings is 2. The quantitative estimate of drug-likeness (QED) is 0.809. The standard InChI is InChI=1S/C21H23NO/c23-21-15-17(11-12-20(21)19-9-5-2-6-10-19)13-14-22-16-18-7-3-1-4-8-18/h1-10,12,17,22H,11,13-16H2. The van der Waals surface area contributed by atoms with E-state index in [2.05, 4.69) is 35.7 Å². The third-order valence-electron chi connectivity index (χ3n) is 4.42. The van der Waals surface area contributed by atoms with Crippen LogP contribution >= 0.6 is 0 Å². The number of carbonyl (C=O) groups excluding carboxylic acids is 1. The van der Waals surface area contributed by atoms with Crippen LogP contribution in [-0.2, 0) is 11.3 Å². The first kappa shape index (κ1) is 15.7. The van der Waals surface area contributed by atoms with Gasteiger partial charge in [-0.1, -0.05) is 66.7 Å². The number of Topliss-reactive ketones (excluding diaryl/α,β-unsaturated/α-hetero) is 1. The van der Waals surface area contributed by atoms with Crippen LogP contribution < -0.4 is 5.32 Å². The number of nitrogens with one attached hydrogen (secondary N) is 1. The van der Waals surface area contributed by atoms with Gasteiger partial charge in [0.25, 0.3) is 0 Å². The van der Waals surface area contributed by atoms with Crippen molar-refractivity contribution in [2.24, 2.45) is 5.92 Å². The summed E-state index contributed by atoms with van der Waals surface area (Å²) in [5.74, 6) is 0.758. The second-order valence-electron chi connectivity index (χ2n) is 6.16. The Bertz CT molecular complexity index is 661. The molecule has 0 amide bonds. The van der Waals surface area contributed by atoms with Crippen LogP contribution in [0.4, 0.5) is 0 Å². The van der Waals surface area contributed by atoms with Crippen LogP contribution in [0.15, 0.2) is 66.7 Å². The van der Waals surface area contributed by atoms with Gasteiger partial charge in [-0.25, -0.2) is 0 Å². The van der Waals surface area contributed by atoms with Crippen LogP contribution in [0.25, 0.3) is 5.57 Å². The van der Waals surface area contributed by atoms with Crippen LogP contribution in [-0.4, -0.2) is 12.3 Å². The average Bonchev–Trinajstić information content (AvgIpc) is 2.60. The molecule has 1 unspecified atom stereocenters. The van der Waals surface area contributed by atoms with Crippen molar-refractivity contribution in [3.8, 4) is 0 Å². The van der Waals surface area contributed by atoms with E-state index in [9.17, 15) is 4.79 Å². The van der Waals surface area contributed by atoms with Crippen LogP contribution in [0.5, 0.6) is 0 Å². The maximum Gasteiger partial charge on any atom is 0.163 e. The predicted molar refractivity (Wildman–Crippen MR) is 94.9 cm³/mol. The van der Waals surface area contributed by atoms with E-state index in [0.29, 0.717) is 12.3 Å². The van der Waals surface area contributed by atoms with E-state index in [4.69, 9.17) is 0 Å². The molecule has 0 aromatic heterocycles. The summed E-state index contributed by atoms with van der Waals surface area (Å²) in [7, 11) is 0. The Balaban J connectivity index is 1.46. The fourth-order valence-corrected chi connectivity index (χ4v) is 3.11. The topological polar surface area (TPSA) is 29.1 Å². The van der Waals surface area contributed by atoms with Gasteiger partial charge in [0, 0.05) is 18.5 Å². The molecule has 2 aromatic carbocycles. The summed E-state index contributed by atoms with van der Waals surface area (Å²) in [5, 5.41) is 3.47. The molecule has 1 atom stereocenters. The molecule has 1 aliphatic rings. The highest BCUT2D eigenvalue weighted by Gasteiger charge is 2.22. The summed E-state index contributed by atoms with van der Waals surface area (Å²) in [6, 6.07) is 20.4. The molecule has 0 bridgehead atoms. The van der Waals surface area contributed by atoms with E-state index in [1.807, 2.05) is 36.4 Å². The average molecular weight is 305 g/mol. The molecule has 0 radical (unpaired) electrons. The molecule has 23 heavy (non-hydrogen) atoms. The summed E-state index contributed by atoms with van der Waals surface area (Å²) in [6.07, 6.45) is 4.86. The van der Waals surface area contributed by atoms with Gasteiger partial charge >= 0.3 is 0 Å². The minimum Gasteiger partial charge on any atom is -0.313 e. The Morgan fingerprint density at radius 2 is 1.65 bits per heavy atom. The van der Waals surface area contributed by atoms with Crippen molar-refractivity contribution in [2.45, 2.75) is 25.8 Å². The highest BCUT2D eigenvalue weighted by Crippen LogP contribution is 2.28. The van der Waals surface area contributed by atoms with Crippen molar-refractivity contribution in [1.29, 1.82) is 0 Å². The van der Waals surface area contributed by atoms with E-state index in [1.165, 1.54) is 5.56 Å². The van der Waals surface area contributed by atoms with Crippen molar-refractivity contribution in [2.75, 3.05) is 6.54 Å². The SMILES string of the molecule is O=C1CC(CCNCc2ccccc2)CC=C1c1ccccc1. The molecule has 3 rings (SSSR count). The molecule has 0 fully saturated rings. The summed E-state index contributed by atoms with van der Waals surface area (Å²) in [6.45, 7) is 1.86. The zero-order chi connectivity index (χ0) is 15.9. The predicted octanol–water partition coefficient (Wildman–Crippen LogP) is 4.23. The van der Waals surface area contributed by atoms with Crippen LogP contribution in [0.3, 0.4) is 0 Å². The molecule has 1 aliphatic carbocycles. The zero-order valence-electron chi connectivity index (χ0n) is 13.4. The third kappa shape index (κ3) is 4.40. The lowest BCUT2D eigenvalue weighted by Gasteiger charge is -2.21. The molecule has 0 heterocycles. The van der Waals surface area contributed by atoms with Crippen LogP contribution in [0, 0.1) is 5.92 Å². The smallest absolute Gasteiger partial charge is 0.163 e. The Hall–Kier alpha value is -2.19. The first-order valence-electron chi connectivity index (χ1n) is 8.36. The largest absolute Gasteiger partial charge is 0.313 e. The number of allylic oxidation sites excluding steroid dienone is 2. The summed E-state index contributed by atoms with van der Waals surface area (Å²) < 4.78 is 0. The Morgan fingerprint density at radius 1 is 0.957 bits per heavy atom. The van der Waals surface area contributed by atoms with E-state index >= 15 is 0 Å². The van der Waals surface area contributed by atoms with E-state index in [0.717, 1.165) is 37.1 Å². The van der Waals surface area contributed by atoms with Gasteiger partial charge in [0.1, 0.15) is 0 Å². The second kappa shape index (κ2) is 7.89. The molecule has 2 nitrogen and oxygen atoms in total. The second-order valence-corrected chi connectivity index (χ2v) is 6.16. The van der Waals surface area contributed by atoms with Crippen molar-refractivity contribution in [3.05, 3.63) is 77.9 Å². The Labute approximate surface area is 138 Å². The lowest BCUT2D eigenvalue weighted by molar-refractivity contribution is -0.114. The lowest BCUT2D eigenvalue weighted by atomic mass is 9.84. The number of rotatable bonds is 6. The molecular formula is C21H23NO. The normalized spacial score (nSPS) is 17.8. The minimum atomic E-state index is 0.288. The van der Waals surface area contributed by atoms with E-state index in [1.54, 1.807) is 0 Å². The van der Waals surface area contributed by atoms with Gasteiger partial charge in [-0.3, -0.25) is 4.79 Å². The fourth-order valence-electron chi connectivity index (χ4n) is 3.11. The van der Waals surface area contributed by atoms with E-state index in [-0.39, 0.29) is 5.78 Å². The fraction of sp³-hybridized carbons (Fsp3) is 0.286. The number of carbonyl (C=O) groups is 1. The first-order chi connectivity index (χ1) is 11.3. The van der Waals surface area contributed by atoms with Gasteiger partial charge < -0.3 is 5.32 Å². The van der Waals surface area contributed by atoms with Crippen LogP contribution in [0.1, 0.15) is 30.4 Å². The maximum absolute atomic E-state index is 12.4. The van der Waals surface area contributed by atoms with Crippen LogP contribution in [0.2, 0.25) is 0 Å². The number of hydrogen-bond donors (Lipinski definition) is 1. The van der Waals surface area contributed by atoms with Gasteiger partial charge in [0.15, 0.2) is 5.78 Å². The van der Waals surface area contributed by atoms with Crippen molar-refractivity contribution in [3.63, 3.8) is 0 Å². The molecule has 0 saturated heterocycles. The molecule has 2 aromatic rings.